The molecule has 2 aliphatic carbocycles. The monoisotopic (exact) mass is 872 g/mol. The summed E-state index contributed by atoms with van der Waals surface area (Å²) in [6.07, 6.45) is 9.38. The fourth-order valence-corrected chi connectivity index (χ4v) is 14.7. The third kappa shape index (κ3) is 6.24. The molecule has 3 saturated heterocycles. The van der Waals surface area contributed by atoms with Gasteiger partial charge in [-0.1, -0.05) is 38.0 Å². The van der Waals surface area contributed by atoms with E-state index in [2.05, 4.69) is 65.1 Å². The fourth-order valence-electron chi connectivity index (χ4n) is 13.9. The van der Waals surface area contributed by atoms with Crippen LogP contribution in [0.2, 0.25) is 0 Å². The normalized spacial score (nSPS) is 37.1. The van der Waals surface area contributed by atoms with Crippen LogP contribution in [0, 0.1) is 29.1 Å². The number of aromatic amines is 1. The number of methoxy groups -OCH3 is 3. The van der Waals surface area contributed by atoms with Crippen molar-refractivity contribution in [3.8, 4) is 0 Å². The van der Waals surface area contributed by atoms with Gasteiger partial charge in [0.2, 0.25) is 5.60 Å². The molecule has 5 aliphatic heterocycles. The van der Waals surface area contributed by atoms with Crippen LogP contribution in [0.4, 0.5) is 0 Å². The maximum Gasteiger partial charge on any atom is 0.344 e. The van der Waals surface area contributed by atoms with Crippen LogP contribution in [0.25, 0.3) is 10.9 Å². The van der Waals surface area contributed by atoms with Crippen molar-refractivity contribution < 1.29 is 43.5 Å². The van der Waals surface area contributed by atoms with Crippen LogP contribution in [0.15, 0.2) is 58.2 Å². The van der Waals surface area contributed by atoms with Crippen LogP contribution in [-0.2, 0) is 45.3 Å². The number of benzene rings is 1. The van der Waals surface area contributed by atoms with Crippen LogP contribution in [-0.4, -0.2) is 145 Å². The van der Waals surface area contributed by atoms with E-state index in [1.165, 1.54) is 26.7 Å². The number of thioether (sulfide) groups is 1. The van der Waals surface area contributed by atoms with Crippen molar-refractivity contribution in [1.29, 1.82) is 0 Å². The number of likely N-dealkylation sites (tertiary alicyclic amines) is 1. The number of hydrogen-bond acceptors (Lipinski definition) is 13. The molecule has 6 heterocycles. The smallest absolute Gasteiger partial charge is 0.344 e. The number of nitrogens with one attached hydrogen (secondary N) is 1. The van der Waals surface area contributed by atoms with Gasteiger partial charge in [-0.05, 0) is 92.4 Å². The number of allylic oxidation sites excluding steroid dienone is 1. The van der Waals surface area contributed by atoms with Gasteiger partial charge in [-0.15, -0.1) is 11.8 Å². The zero-order valence-electron chi connectivity index (χ0n) is 37.3. The van der Waals surface area contributed by atoms with Crippen molar-refractivity contribution in [1.82, 2.24) is 19.7 Å². The molecule has 3 N–H and O–H groups in total. The second-order valence-corrected chi connectivity index (χ2v) is 20.1. The molecule has 4 fully saturated rings. The molecular formula is C48H64N4O9S. The predicted octanol–water partition coefficient (Wildman–Crippen LogP) is 4.95. The van der Waals surface area contributed by atoms with E-state index >= 15 is 4.79 Å². The molecule has 62 heavy (non-hydrogen) atoms. The fraction of sp³-hybridized carbons (Fsp3) is 0.646. The van der Waals surface area contributed by atoms with Gasteiger partial charge in [0, 0.05) is 104 Å². The SMILES string of the molecule is CCC1=C[C@H]2CN(C1)Cc1c([nH]c3ccc(SCCCO)cc13)[C@@](C(=O)OC)(C1C=C3C(=CC1OC)N(C)[C@H]1[C@@](O)(C(=O)OC)[C@H](OC(C)=O)C4[C@@H](CC)CCN5CC[C@]31[C@H]45)C2. The molecule has 9 rings (SSSR count). The first-order valence-electron chi connectivity index (χ1n) is 22.7. The summed E-state index contributed by atoms with van der Waals surface area (Å²) in [6.45, 7) is 9.70. The summed E-state index contributed by atoms with van der Waals surface area (Å²) in [5.74, 6) is -1.73. The third-order valence-corrected chi connectivity index (χ3v) is 17.2. The molecule has 14 heteroatoms. The second-order valence-electron chi connectivity index (χ2n) is 18.9. The summed E-state index contributed by atoms with van der Waals surface area (Å²) < 4.78 is 24.2. The van der Waals surface area contributed by atoms with Crippen molar-refractivity contribution in [2.75, 3.05) is 66.9 Å². The Morgan fingerprint density at radius 3 is 2.52 bits per heavy atom. The number of carbonyl (C=O) groups excluding carboxylic acids is 3. The van der Waals surface area contributed by atoms with E-state index in [-0.39, 0.29) is 36.4 Å². The summed E-state index contributed by atoms with van der Waals surface area (Å²) in [4.78, 5) is 54.8. The summed E-state index contributed by atoms with van der Waals surface area (Å²) in [5, 5.41) is 23.9. The molecule has 336 valence electrons. The molecule has 1 aromatic heterocycles. The molecule has 7 aliphatic rings. The minimum atomic E-state index is -2.21. The summed E-state index contributed by atoms with van der Waals surface area (Å²) in [6, 6.07) is 5.43. The maximum atomic E-state index is 15.4. The van der Waals surface area contributed by atoms with E-state index in [9.17, 15) is 19.8 Å². The van der Waals surface area contributed by atoms with Crippen LogP contribution in [0.3, 0.4) is 0 Å². The van der Waals surface area contributed by atoms with Gasteiger partial charge in [0.05, 0.1) is 26.4 Å². The first-order chi connectivity index (χ1) is 29.8. The van der Waals surface area contributed by atoms with Crippen molar-refractivity contribution in [3.05, 3.63) is 64.5 Å². The highest BCUT2D eigenvalue weighted by atomic mass is 32.2. The Hall–Kier alpha value is -3.66. The van der Waals surface area contributed by atoms with Gasteiger partial charge in [0.1, 0.15) is 11.5 Å². The van der Waals surface area contributed by atoms with Gasteiger partial charge in [-0.3, -0.25) is 19.4 Å². The zero-order valence-corrected chi connectivity index (χ0v) is 38.1. The van der Waals surface area contributed by atoms with E-state index in [1.807, 2.05) is 11.9 Å². The average molecular weight is 873 g/mol. The Kier molecular flexibility index (Phi) is 11.5. The van der Waals surface area contributed by atoms with Crippen molar-refractivity contribution in [2.45, 2.75) is 106 Å². The molecule has 1 saturated carbocycles. The van der Waals surface area contributed by atoms with Crippen molar-refractivity contribution >= 4 is 40.6 Å². The van der Waals surface area contributed by atoms with E-state index in [1.54, 1.807) is 18.9 Å². The number of ether oxygens (including phenoxy) is 4. The number of rotatable bonds is 11. The molecule has 1 spiro atoms. The zero-order chi connectivity index (χ0) is 43.9. The number of aliphatic hydroxyl groups excluding tert-OH is 1. The van der Waals surface area contributed by atoms with E-state index < -0.39 is 52.5 Å². The predicted molar refractivity (Wildman–Crippen MR) is 235 cm³/mol. The van der Waals surface area contributed by atoms with Crippen LogP contribution >= 0.6 is 11.8 Å². The number of H-pyrrole nitrogens is 1. The van der Waals surface area contributed by atoms with E-state index in [0.29, 0.717) is 25.8 Å². The quantitative estimate of drug-likeness (QED) is 0.0919. The van der Waals surface area contributed by atoms with Crippen LogP contribution < -0.4 is 0 Å². The molecule has 0 amide bonds. The minimum absolute atomic E-state index is 0.0407. The second kappa shape index (κ2) is 16.4. The van der Waals surface area contributed by atoms with Crippen molar-refractivity contribution in [3.63, 3.8) is 0 Å². The standard InChI is InChI=1S/C48H64N4O9S/c1-8-28-19-29-23-47(44(55)59-6,40-33(26-51(24-28)25-29)32-20-31(62-18-10-17-53)11-12-36(32)49-40)35-21-34-37(22-38(35)58-5)50(4)43-46(34)14-16-52-15-13-30(9-2)39(41(46)52)42(61-27(3)54)48(43,57)45(56)60-7/h11-12,19-22,29-30,35,38-39,41-43,49,53,57H,8-10,13-18,23-26H2,1-7H3/t29-,30+,35?,38?,39?,41+,42-,43-,46-,47+,48-/m1/s1. The molecule has 12 atom stereocenters. The number of nitrogens with zero attached hydrogens (tertiary/aromatic N) is 3. The van der Waals surface area contributed by atoms with Gasteiger partial charge < -0.3 is 39.0 Å². The Bertz CT molecular complexity index is 2220. The lowest BCUT2D eigenvalue weighted by atomic mass is 9.50. The molecule has 4 unspecified atom stereocenters. The van der Waals surface area contributed by atoms with Gasteiger partial charge in [-0.25, -0.2) is 4.79 Å². The highest BCUT2D eigenvalue weighted by Crippen LogP contribution is 2.68. The number of aromatic nitrogens is 1. The lowest BCUT2D eigenvalue weighted by Gasteiger charge is -2.61. The number of hydrogen-bond donors (Lipinski definition) is 3. The maximum absolute atomic E-state index is 15.4. The Balaban J connectivity index is 1.30. The van der Waals surface area contributed by atoms with Gasteiger partial charge in [0.25, 0.3) is 0 Å². The number of piperidine rings is 1. The topological polar surface area (TPSA) is 154 Å². The van der Waals surface area contributed by atoms with Crippen LogP contribution in [0.1, 0.15) is 70.6 Å². The number of esters is 3. The third-order valence-electron chi connectivity index (χ3n) is 16.1. The summed E-state index contributed by atoms with van der Waals surface area (Å²) in [5.41, 5.74) is 1.77. The summed E-state index contributed by atoms with van der Waals surface area (Å²) >= 11 is 1.72. The van der Waals surface area contributed by atoms with E-state index in [4.69, 9.17) is 18.9 Å². The Labute approximate surface area is 369 Å². The number of fused-ring (bicyclic) bond motifs is 6. The first kappa shape index (κ1) is 43.6. The average Bonchev–Trinajstić information content (AvgIpc) is 3.91. The Morgan fingerprint density at radius 2 is 1.82 bits per heavy atom. The molecule has 1 aromatic carbocycles. The minimum Gasteiger partial charge on any atom is -0.468 e. The molecule has 2 aromatic rings. The lowest BCUT2D eigenvalue weighted by molar-refractivity contribution is -0.238. The van der Waals surface area contributed by atoms with Gasteiger partial charge >= 0.3 is 17.9 Å². The van der Waals surface area contributed by atoms with Gasteiger partial charge in [0.15, 0.2) is 0 Å². The molecular weight excluding hydrogens is 809 g/mol. The lowest BCUT2D eigenvalue weighted by Crippen LogP contribution is -2.77. The molecule has 0 radical (unpaired) electrons. The summed E-state index contributed by atoms with van der Waals surface area (Å²) in [7, 11) is 6.37. The number of carbonyl (C=O) groups is 3. The van der Waals surface area contributed by atoms with Gasteiger partial charge in [-0.2, -0.15) is 0 Å². The van der Waals surface area contributed by atoms with Crippen LogP contribution in [0.5, 0.6) is 0 Å². The van der Waals surface area contributed by atoms with Crippen molar-refractivity contribution in [2.24, 2.45) is 29.1 Å². The highest BCUT2D eigenvalue weighted by Gasteiger charge is 2.79. The largest absolute Gasteiger partial charge is 0.468 e. The molecule has 2 bridgehead atoms. The van der Waals surface area contributed by atoms with E-state index in [0.717, 1.165) is 89.5 Å². The number of likely N-dealkylation sites (N-methyl/N-ethyl adjacent to an activating group) is 1. The molecule has 13 nitrogen and oxygen atoms in total. The first-order valence-corrected chi connectivity index (χ1v) is 23.7. The highest BCUT2D eigenvalue weighted by molar-refractivity contribution is 7.99. The Morgan fingerprint density at radius 1 is 1.03 bits per heavy atom. The number of aliphatic hydroxyl groups is 2.